The molecule has 0 unspecified atom stereocenters. The molecule has 0 atom stereocenters. The van der Waals surface area contributed by atoms with Crippen molar-refractivity contribution in [2.24, 2.45) is 0 Å². The van der Waals surface area contributed by atoms with Crippen LogP contribution in [0.1, 0.15) is 47.2 Å². The van der Waals surface area contributed by atoms with Crippen molar-refractivity contribution in [1.29, 1.82) is 0 Å². The van der Waals surface area contributed by atoms with Gasteiger partial charge in [-0.1, -0.05) is 60.8 Å². The van der Waals surface area contributed by atoms with E-state index in [4.69, 9.17) is 12.8 Å². The van der Waals surface area contributed by atoms with Crippen molar-refractivity contribution in [2.45, 2.75) is 13.8 Å². The summed E-state index contributed by atoms with van der Waals surface area (Å²) >= 11 is 7.91. The summed E-state index contributed by atoms with van der Waals surface area (Å²) in [7, 11) is 0. The maximum atomic E-state index is 5.63. The summed E-state index contributed by atoms with van der Waals surface area (Å²) in [5.74, 6) is 22.5. The lowest BCUT2D eigenvalue weighted by Crippen LogP contribution is -2.04. The molecular weight excluding hydrogens is 304 g/mol. The van der Waals surface area contributed by atoms with Gasteiger partial charge in [-0.3, -0.25) is 0 Å². The van der Waals surface area contributed by atoms with Gasteiger partial charge in [0, 0.05) is 0 Å². The van der Waals surface area contributed by atoms with Crippen LogP contribution in [-0.4, -0.2) is 0 Å². The van der Waals surface area contributed by atoms with Gasteiger partial charge in [0.1, 0.15) is 0 Å². The van der Waals surface area contributed by atoms with Crippen LogP contribution in [0.25, 0.3) is 0 Å². The summed E-state index contributed by atoms with van der Waals surface area (Å²) in [6, 6.07) is 0. The fraction of sp³-hybridized carbons (Fsp3) is 0.100. The van der Waals surface area contributed by atoms with Crippen molar-refractivity contribution in [3.05, 3.63) is 33.4 Å². The van der Waals surface area contributed by atoms with E-state index >= 15 is 0 Å². The number of benzene rings is 1. The van der Waals surface area contributed by atoms with Crippen LogP contribution >= 0.6 is 25.3 Å². The summed E-state index contributed by atoms with van der Waals surface area (Å²) in [6.07, 6.45) is 11.3. The third-order valence-corrected chi connectivity index (χ3v) is 2.87. The quantitative estimate of drug-likeness (QED) is 0.534. The third kappa shape index (κ3) is 3.30. The molecule has 1 rings (SSSR count). The molecule has 1 aromatic carbocycles. The van der Waals surface area contributed by atoms with Gasteiger partial charge in [-0.25, -0.2) is 0 Å². The molecular formula is C20H10S2. The van der Waals surface area contributed by atoms with Gasteiger partial charge in [0.25, 0.3) is 0 Å². The van der Waals surface area contributed by atoms with E-state index in [-0.39, 0.29) is 0 Å². The molecule has 102 valence electrons. The zero-order valence-electron chi connectivity index (χ0n) is 12.0. The van der Waals surface area contributed by atoms with E-state index in [1.807, 2.05) is 0 Å². The van der Waals surface area contributed by atoms with Crippen molar-refractivity contribution in [1.82, 2.24) is 0 Å². The van der Waals surface area contributed by atoms with Crippen LogP contribution < -0.4 is 0 Å². The van der Waals surface area contributed by atoms with Crippen molar-refractivity contribution < 1.29 is 0 Å². The molecule has 0 N–H and O–H groups in total. The number of thiol groups is 2. The number of hydrogen-bond donors (Lipinski definition) is 2. The Balaban J connectivity index is 4.30. The lowest BCUT2D eigenvalue weighted by Gasteiger charge is -2.11. The van der Waals surface area contributed by atoms with E-state index < -0.39 is 0 Å². The Labute approximate surface area is 143 Å². The second-order valence-electron chi connectivity index (χ2n) is 3.76. The first-order valence-electron chi connectivity index (χ1n) is 6.02. The maximum absolute atomic E-state index is 5.63. The lowest BCUT2D eigenvalue weighted by molar-refractivity contribution is 1.44. The Hall–Kier alpha value is -2.72. The Bertz CT molecular complexity index is 868. The van der Waals surface area contributed by atoms with Crippen LogP contribution in [0.4, 0.5) is 0 Å². The van der Waals surface area contributed by atoms with Gasteiger partial charge in [0.15, 0.2) is 0 Å². The van der Waals surface area contributed by atoms with Crippen molar-refractivity contribution in [3.63, 3.8) is 0 Å². The highest BCUT2D eigenvalue weighted by Gasteiger charge is 2.19. The summed E-state index contributed by atoms with van der Waals surface area (Å²) in [4.78, 5) is 0. The highest BCUT2D eigenvalue weighted by Crippen LogP contribution is 2.26. The van der Waals surface area contributed by atoms with E-state index in [9.17, 15) is 0 Å². The van der Waals surface area contributed by atoms with E-state index in [0.29, 0.717) is 33.4 Å². The average Bonchev–Trinajstić information content (AvgIpc) is 2.52. The van der Waals surface area contributed by atoms with Crippen molar-refractivity contribution >= 4 is 25.3 Å². The van der Waals surface area contributed by atoms with Crippen LogP contribution in [0.15, 0.2) is 0 Å². The fourth-order valence-corrected chi connectivity index (χ4v) is 2.12. The van der Waals surface area contributed by atoms with E-state index in [2.05, 4.69) is 83.1 Å². The first-order valence-corrected chi connectivity index (χ1v) is 6.92. The molecule has 0 radical (unpaired) electrons. The Kier molecular flexibility index (Phi) is 6.73. The standard InChI is InChI=1S/C20H10S2/c1-5-9-17-15(7-3)16(8-4)18(10-6-2)20(12-14-22)19(17)11-13-21/h3-4,21-22H,1-2H3. The van der Waals surface area contributed by atoms with Crippen LogP contribution in [0.5, 0.6) is 0 Å². The molecule has 0 heterocycles. The van der Waals surface area contributed by atoms with Gasteiger partial charge < -0.3 is 0 Å². The smallest absolute Gasteiger partial charge is 0.0594 e. The van der Waals surface area contributed by atoms with Gasteiger partial charge in [-0.15, -0.1) is 24.7 Å². The minimum Gasteiger partial charge on any atom is -0.115 e. The zero-order valence-corrected chi connectivity index (χ0v) is 13.8. The summed E-state index contributed by atoms with van der Waals surface area (Å²) in [6.45, 7) is 3.41. The first-order chi connectivity index (χ1) is 10.7. The summed E-state index contributed by atoms with van der Waals surface area (Å²) < 4.78 is 0. The molecule has 0 aliphatic rings. The third-order valence-electron chi connectivity index (χ3n) is 2.65. The molecule has 0 spiro atoms. The number of terminal acetylenes is 2. The van der Waals surface area contributed by atoms with Gasteiger partial charge >= 0.3 is 0 Å². The molecule has 0 nitrogen and oxygen atoms in total. The second kappa shape index (κ2) is 8.54. The van der Waals surface area contributed by atoms with Crippen LogP contribution in [0.2, 0.25) is 0 Å². The highest BCUT2D eigenvalue weighted by atomic mass is 32.1. The Morgan fingerprint density at radius 3 is 1.14 bits per heavy atom. The first kappa shape index (κ1) is 17.3. The predicted molar refractivity (Wildman–Crippen MR) is 99.1 cm³/mol. The van der Waals surface area contributed by atoms with Gasteiger partial charge in [0.05, 0.1) is 33.4 Å². The molecule has 0 aliphatic heterocycles. The van der Waals surface area contributed by atoms with Gasteiger partial charge in [-0.2, -0.15) is 0 Å². The lowest BCUT2D eigenvalue weighted by atomic mass is 9.87. The molecule has 0 bridgehead atoms. The molecule has 2 heteroatoms. The summed E-state index contributed by atoms with van der Waals surface area (Å²) in [5.41, 5.74) is 3.24. The molecule has 22 heavy (non-hydrogen) atoms. The van der Waals surface area contributed by atoms with E-state index in [0.717, 1.165) is 0 Å². The highest BCUT2D eigenvalue weighted by molar-refractivity contribution is 7.85. The van der Waals surface area contributed by atoms with Crippen molar-refractivity contribution in [2.75, 3.05) is 0 Å². The summed E-state index contributed by atoms with van der Waals surface area (Å²) in [5, 5.41) is 5.11. The largest absolute Gasteiger partial charge is 0.115 e. The Morgan fingerprint density at radius 1 is 0.591 bits per heavy atom. The minimum absolute atomic E-state index is 0.491. The zero-order chi connectivity index (χ0) is 16.5. The predicted octanol–water partition coefficient (Wildman–Crippen LogP) is 2.87. The molecule has 0 saturated carbocycles. The molecule has 0 fully saturated rings. The SMILES string of the molecule is C#Cc1c(C#C)c(C#CC)c(C#CS)c(C#CS)c1C#CC. The molecule has 0 saturated heterocycles. The molecule has 0 amide bonds. The minimum atomic E-state index is 0.491. The number of hydrogen-bond acceptors (Lipinski definition) is 2. The van der Waals surface area contributed by atoms with E-state index in [1.54, 1.807) is 13.8 Å². The molecule has 0 aliphatic carbocycles. The van der Waals surface area contributed by atoms with Crippen molar-refractivity contribution in [3.8, 4) is 70.7 Å². The fourth-order valence-electron chi connectivity index (χ4n) is 1.90. The average molecular weight is 314 g/mol. The Morgan fingerprint density at radius 2 is 0.909 bits per heavy atom. The van der Waals surface area contributed by atoms with Gasteiger partial charge in [0.2, 0.25) is 0 Å². The van der Waals surface area contributed by atoms with E-state index in [1.165, 1.54) is 0 Å². The van der Waals surface area contributed by atoms with Crippen LogP contribution in [0.3, 0.4) is 0 Å². The topological polar surface area (TPSA) is 0 Å². The van der Waals surface area contributed by atoms with Crippen LogP contribution in [-0.2, 0) is 0 Å². The number of rotatable bonds is 0. The van der Waals surface area contributed by atoms with Crippen LogP contribution in [0, 0.1) is 70.7 Å². The van der Waals surface area contributed by atoms with Gasteiger partial charge in [-0.05, 0) is 24.4 Å². The second-order valence-corrected chi connectivity index (χ2v) is 4.21. The molecule has 0 aromatic heterocycles. The maximum Gasteiger partial charge on any atom is 0.0594 e. The normalized spacial score (nSPS) is 7.36. The monoisotopic (exact) mass is 314 g/mol. The molecule has 1 aromatic rings.